The molecule has 4 heteroatoms. The SMILES string of the molecule is N#C[C@@H]1N[C@H](CO)[C@@H]1c1ccc(-c2ccccc2F)cc1. The molecule has 0 radical (unpaired) electrons. The lowest BCUT2D eigenvalue weighted by Gasteiger charge is -2.41. The first kappa shape index (κ1) is 13.7. The second kappa shape index (κ2) is 5.65. The van der Waals surface area contributed by atoms with Crippen LogP contribution < -0.4 is 5.32 Å². The molecule has 0 saturated carbocycles. The fourth-order valence-corrected chi connectivity index (χ4v) is 2.84. The zero-order chi connectivity index (χ0) is 14.8. The molecule has 0 spiro atoms. The van der Waals surface area contributed by atoms with Gasteiger partial charge in [-0.3, -0.25) is 5.32 Å². The fraction of sp³-hybridized carbons (Fsp3) is 0.235. The largest absolute Gasteiger partial charge is 0.395 e. The average molecular weight is 282 g/mol. The molecule has 2 N–H and O–H groups in total. The first-order chi connectivity index (χ1) is 10.2. The van der Waals surface area contributed by atoms with Crippen LogP contribution in [0, 0.1) is 17.1 Å². The third-order valence-electron chi connectivity index (χ3n) is 4.00. The zero-order valence-corrected chi connectivity index (χ0v) is 11.3. The molecule has 0 amide bonds. The number of halogens is 1. The van der Waals surface area contributed by atoms with Crippen LogP contribution in [0.25, 0.3) is 11.1 Å². The number of rotatable bonds is 3. The predicted molar refractivity (Wildman–Crippen MR) is 78.0 cm³/mol. The number of benzene rings is 2. The molecule has 0 unspecified atom stereocenters. The van der Waals surface area contributed by atoms with Crippen molar-refractivity contribution in [2.75, 3.05) is 6.61 Å². The van der Waals surface area contributed by atoms with Gasteiger partial charge >= 0.3 is 0 Å². The van der Waals surface area contributed by atoms with E-state index in [1.54, 1.807) is 18.2 Å². The molecule has 1 aliphatic rings. The van der Waals surface area contributed by atoms with Crippen molar-refractivity contribution in [3.05, 3.63) is 59.9 Å². The minimum absolute atomic E-state index is 0.00207. The van der Waals surface area contributed by atoms with Crippen molar-refractivity contribution in [2.24, 2.45) is 0 Å². The van der Waals surface area contributed by atoms with E-state index in [1.165, 1.54) is 6.07 Å². The van der Waals surface area contributed by atoms with Gasteiger partial charge in [-0.25, -0.2) is 4.39 Å². The first-order valence-electron chi connectivity index (χ1n) is 6.86. The van der Waals surface area contributed by atoms with Crippen LogP contribution in [0.15, 0.2) is 48.5 Å². The molecule has 2 aromatic rings. The van der Waals surface area contributed by atoms with Crippen molar-refractivity contribution in [1.82, 2.24) is 5.32 Å². The highest BCUT2D eigenvalue weighted by Crippen LogP contribution is 2.33. The van der Waals surface area contributed by atoms with Gasteiger partial charge in [-0.15, -0.1) is 0 Å². The fourth-order valence-electron chi connectivity index (χ4n) is 2.84. The molecule has 106 valence electrons. The Morgan fingerprint density at radius 1 is 1.14 bits per heavy atom. The van der Waals surface area contributed by atoms with Crippen LogP contribution in [0.1, 0.15) is 11.5 Å². The Labute approximate surface area is 122 Å². The zero-order valence-electron chi connectivity index (χ0n) is 11.3. The molecular weight excluding hydrogens is 267 g/mol. The number of aliphatic hydroxyl groups is 1. The smallest absolute Gasteiger partial charge is 0.131 e. The van der Waals surface area contributed by atoms with E-state index in [9.17, 15) is 9.50 Å². The highest BCUT2D eigenvalue weighted by atomic mass is 19.1. The molecule has 1 fully saturated rings. The number of aliphatic hydroxyl groups excluding tert-OH is 1. The number of nitrogens with zero attached hydrogens (tertiary/aromatic N) is 1. The van der Waals surface area contributed by atoms with Crippen molar-refractivity contribution >= 4 is 0 Å². The molecule has 3 rings (SSSR count). The van der Waals surface area contributed by atoms with Gasteiger partial charge in [-0.2, -0.15) is 5.26 Å². The summed E-state index contributed by atoms with van der Waals surface area (Å²) in [5.74, 6) is -0.270. The Kier molecular flexibility index (Phi) is 3.70. The lowest BCUT2D eigenvalue weighted by molar-refractivity contribution is 0.151. The van der Waals surface area contributed by atoms with Gasteiger partial charge in [0, 0.05) is 17.5 Å². The van der Waals surface area contributed by atoms with Crippen LogP contribution in [-0.2, 0) is 0 Å². The van der Waals surface area contributed by atoms with Crippen molar-refractivity contribution in [1.29, 1.82) is 5.26 Å². The predicted octanol–water partition coefficient (Wildman–Crippen LogP) is 2.43. The molecule has 1 saturated heterocycles. The van der Waals surface area contributed by atoms with E-state index >= 15 is 0 Å². The number of nitriles is 1. The molecule has 0 bridgehead atoms. The minimum Gasteiger partial charge on any atom is -0.395 e. The van der Waals surface area contributed by atoms with Gasteiger partial charge in [-0.05, 0) is 17.2 Å². The summed E-state index contributed by atoms with van der Waals surface area (Å²) in [6, 6.07) is 16.0. The summed E-state index contributed by atoms with van der Waals surface area (Å²) < 4.78 is 13.8. The Balaban J connectivity index is 1.88. The molecular formula is C17H15FN2O. The molecule has 1 heterocycles. The van der Waals surface area contributed by atoms with Crippen molar-refractivity contribution in [2.45, 2.75) is 18.0 Å². The van der Waals surface area contributed by atoms with Crippen LogP contribution in [0.3, 0.4) is 0 Å². The van der Waals surface area contributed by atoms with Crippen molar-refractivity contribution in [3.8, 4) is 17.2 Å². The van der Waals surface area contributed by atoms with Crippen LogP contribution in [0.2, 0.25) is 0 Å². The molecule has 21 heavy (non-hydrogen) atoms. The molecule has 3 atom stereocenters. The van der Waals surface area contributed by atoms with Gasteiger partial charge in [0.25, 0.3) is 0 Å². The van der Waals surface area contributed by atoms with Gasteiger partial charge < -0.3 is 5.11 Å². The maximum atomic E-state index is 13.8. The Bertz CT molecular complexity index is 678. The van der Waals surface area contributed by atoms with E-state index < -0.39 is 0 Å². The monoisotopic (exact) mass is 282 g/mol. The number of hydrogen-bond acceptors (Lipinski definition) is 3. The standard InChI is InChI=1S/C17H15FN2O/c18-14-4-2-1-3-13(14)11-5-7-12(8-6-11)17-15(9-19)20-16(17)10-21/h1-8,15-17,20-21H,10H2/t15-,16+,17+/m0/s1. The summed E-state index contributed by atoms with van der Waals surface area (Å²) >= 11 is 0. The summed E-state index contributed by atoms with van der Waals surface area (Å²) in [6.07, 6.45) is 0. The summed E-state index contributed by atoms with van der Waals surface area (Å²) in [7, 11) is 0. The summed E-state index contributed by atoms with van der Waals surface area (Å²) in [6.45, 7) is -0.00207. The van der Waals surface area contributed by atoms with Gasteiger partial charge in [0.15, 0.2) is 0 Å². The van der Waals surface area contributed by atoms with E-state index in [0.29, 0.717) is 5.56 Å². The van der Waals surface area contributed by atoms with E-state index in [0.717, 1.165) is 11.1 Å². The van der Waals surface area contributed by atoms with Gasteiger partial charge in [0.1, 0.15) is 11.9 Å². The molecule has 3 nitrogen and oxygen atoms in total. The van der Waals surface area contributed by atoms with Crippen molar-refractivity contribution in [3.63, 3.8) is 0 Å². The van der Waals surface area contributed by atoms with Gasteiger partial charge in [-0.1, -0.05) is 42.5 Å². The maximum absolute atomic E-state index is 13.8. The highest BCUT2D eigenvalue weighted by molar-refractivity contribution is 5.64. The third-order valence-corrected chi connectivity index (χ3v) is 4.00. The second-order valence-electron chi connectivity index (χ2n) is 5.19. The van der Waals surface area contributed by atoms with Gasteiger partial charge in [0.05, 0.1) is 12.7 Å². The number of nitrogens with one attached hydrogen (secondary N) is 1. The topological polar surface area (TPSA) is 56.0 Å². The quantitative estimate of drug-likeness (QED) is 0.909. The molecule has 0 aromatic heterocycles. The van der Waals surface area contributed by atoms with E-state index in [1.807, 2.05) is 24.3 Å². The van der Waals surface area contributed by atoms with Crippen LogP contribution >= 0.6 is 0 Å². The van der Waals surface area contributed by atoms with E-state index in [4.69, 9.17) is 5.26 Å². The molecule has 1 aliphatic heterocycles. The Morgan fingerprint density at radius 2 is 1.86 bits per heavy atom. The van der Waals surface area contributed by atoms with Crippen LogP contribution in [0.5, 0.6) is 0 Å². The van der Waals surface area contributed by atoms with Crippen LogP contribution in [0.4, 0.5) is 4.39 Å². The Hall–Kier alpha value is -2.22. The highest BCUT2D eigenvalue weighted by Gasteiger charge is 2.41. The Morgan fingerprint density at radius 3 is 2.48 bits per heavy atom. The average Bonchev–Trinajstić information content (AvgIpc) is 2.49. The first-order valence-corrected chi connectivity index (χ1v) is 6.86. The number of hydrogen-bond donors (Lipinski definition) is 2. The lowest BCUT2D eigenvalue weighted by atomic mass is 9.78. The van der Waals surface area contributed by atoms with E-state index in [-0.39, 0.29) is 30.4 Å². The summed E-state index contributed by atoms with van der Waals surface area (Å²) in [4.78, 5) is 0. The molecule has 0 aliphatic carbocycles. The van der Waals surface area contributed by atoms with E-state index in [2.05, 4.69) is 11.4 Å². The normalized spacial score (nSPS) is 24.1. The summed E-state index contributed by atoms with van der Waals surface area (Å²) in [5, 5.41) is 21.3. The lowest BCUT2D eigenvalue weighted by Crippen LogP contribution is -2.60. The van der Waals surface area contributed by atoms with Crippen LogP contribution in [-0.4, -0.2) is 23.8 Å². The maximum Gasteiger partial charge on any atom is 0.131 e. The minimum atomic E-state index is -0.276. The molecule has 2 aromatic carbocycles. The second-order valence-corrected chi connectivity index (χ2v) is 5.19. The third kappa shape index (κ3) is 2.42. The van der Waals surface area contributed by atoms with Gasteiger partial charge in [0.2, 0.25) is 0 Å². The van der Waals surface area contributed by atoms with Crippen molar-refractivity contribution < 1.29 is 9.50 Å². The summed E-state index contributed by atoms with van der Waals surface area (Å²) in [5.41, 5.74) is 2.35.